The predicted octanol–water partition coefficient (Wildman–Crippen LogP) is 3.60. The van der Waals surface area contributed by atoms with Crippen LogP contribution in [0.25, 0.3) is 0 Å². The lowest BCUT2D eigenvalue weighted by Crippen LogP contribution is -2.33. The molecule has 1 aromatic carbocycles. The van der Waals surface area contributed by atoms with E-state index in [0.29, 0.717) is 22.9 Å². The maximum Gasteiger partial charge on any atom is 0.230 e. The molecule has 3 N–H and O–H groups in total. The number of hydrogen-bond donors (Lipinski definition) is 2. The number of hydrogen-bond acceptors (Lipinski definition) is 5. The van der Waals surface area contributed by atoms with Crippen molar-refractivity contribution in [2.75, 3.05) is 11.6 Å². The van der Waals surface area contributed by atoms with Crippen molar-refractivity contribution in [3.8, 4) is 0 Å². The number of carbonyl (C=O) groups excluding carboxylic acids is 1. The van der Waals surface area contributed by atoms with Crippen LogP contribution in [0.5, 0.6) is 0 Å². The van der Waals surface area contributed by atoms with Crippen LogP contribution in [0.2, 0.25) is 0 Å². The lowest BCUT2D eigenvalue weighted by Gasteiger charge is -2.23. The second-order valence-electron chi connectivity index (χ2n) is 7.88. The summed E-state index contributed by atoms with van der Waals surface area (Å²) in [6, 6.07) is 8.51. The number of nitrogens with zero attached hydrogens (tertiary/aromatic N) is 3. The number of nitrogens with two attached hydrogens (primary N) is 1. The van der Waals surface area contributed by atoms with Gasteiger partial charge in [-0.05, 0) is 35.8 Å². The van der Waals surface area contributed by atoms with Gasteiger partial charge in [0.15, 0.2) is 5.82 Å². The van der Waals surface area contributed by atoms with Gasteiger partial charge < -0.3 is 11.2 Å². The molecule has 7 heteroatoms. The summed E-state index contributed by atoms with van der Waals surface area (Å²) in [4.78, 5) is 12.5. The number of amides is 1. The number of carbonyl (C=O) groups is 1. The average Bonchev–Trinajstić information content (AvgIpc) is 3.41. The summed E-state index contributed by atoms with van der Waals surface area (Å²) in [5.41, 5.74) is 2.43. The molecule has 1 aliphatic carbocycles. The maximum atomic E-state index is 12.5. The first-order valence-corrected chi connectivity index (χ1v) is 10.6. The molecule has 1 atom stereocenters. The largest absolute Gasteiger partial charge is 0.348 e. The topological polar surface area (TPSA) is 85.8 Å². The lowest BCUT2D eigenvalue weighted by molar-refractivity contribution is -0.119. The highest BCUT2D eigenvalue weighted by atomic mass is 32.2. The van der Waals surface area contributed by atoms with Crippen LogP contribution in [0, 0.1) is 5.92 Å². The third-order valence-electron chi connectivity index (χ3n) is 4.91. The summed E-state index contributed by atoms with van der Waals surface area (Å²) in [7, 11) is 0. The van der Waals surface area contributed by atoms with E-state index in [1.807, 2.05) is 0 Å². The summed E-state index contributed by atoms with van der Waals surface area (Å²) >= 11 is 1.33. The number of benzene rings is 1. The molecule has 27 heavy (non-hydrogen) atoms. The van der Waals surface area contributed by atoms with Crippen LogP contribution in [0.15, 0.2) is 29.4 Å². The van der Waals surface area contributed by atoms with Crippen molar-refractivity contribution in [1.29, 1.82) is 0 Å². The fourth-order valence-corrected chi connectivity index (χ4v) is 3.75. The van der Waals surface area contributed by atoms with Gasteiger partial charge in [-0.15, -0.1) is 10.2 Å². The predicted molar refractivity (Wildman–Crippen MR) is 109 cm³/mol. The van der Waals surface area contributed by atoms with Crippen molar-refractivity contribution in [3.63, 3.8) is 0 Å². The standard InChI is InChI=1S/C20H29N5OS/c1-12(2)14-5-7-15(8-6-14)18(13(3)4)22-17(26)11-27-20-24-23-19(25(20)21)16-9-10-16/h5-8,12-13,16,18H,9-11,21H2,1-4H3,(H,22,26)/t18-/m1/s1. The Kier molecular flexibility index (Phi) is 6.09. The summed E-state index contributed by atoms with van der Waals surface area (Å²) in [6.45, 7) is 8.59. The zero-order valence-corrected chi connectivity index (χ0v) is 17.3. The SMILES string of the molecule is CC(C)c1ccc([C@H](NC(=O)CSc2nnc(C3CC3)n2N)C(C)C)cc1. The van der Waals surface area contributed by atoms with Gasteiger partial charge in [0.05, 0.1) is 11.8 Å². The first kappa shape index (κ1) is 19.7. The van der Waals surface area contributed by atoms with Crippen molar-refractivity contribution in [1.82, 2.24) is 20.2 Å². The second-order valence-corrected chi connectivity index (χ2v) is 8.83. The van der Waals surface area contributed by atoms with Gasteiger partial charge in [0.1, 0.15) is 0 Å². The Morgan fingerprint density at radius 3 is 2.37 bits per heavy atom. The molecule has 1 fully saturated rings. The molecule has 1 heterocycles. The molecule has 1 amide bonds. The third kappa shape index (κ3) is 4.83. The van der Waals surface area contributed by atoms with E-state index >= 15 is 0 Å². The number of aromatic nitrogens is 3. The van der Waals surface area contributed by atoms with Gasteiger partial charge in [0.2, 0.25) is 11.1 Å². The van der Waals surface area contributed by atoms with Crippen molar-refractivity contribution in [3.05, 3.63) is 41.2 Å². The van der Waals surface area contributed by atoms with Crippen LogP contribution in [-0.4, -0.2) is 26.5 Å². The molecule has 6 nitrogen and oxygen atoms in total. The first-order chi connectivity index (χ1) is 12.9. The van der Waals surface area contributed by atoms with E-state index in [9.17, 15) is 4.79 Å². The van der Waals surface area contributed by atoms with Crippen LogP contribution in [-0.2, 0) is 4.79 Å². The molecule has 0 bridgehead atoms. The van der Waals surface area contributed by atoms with Crippen LogP contribution in [0.1, 0.15) is 75.4 Å². The lowest BCUT2D eigenvalue weighted by atomic mass is 9.93. The van der Waals surface area contributed by atoms with Gasteiger partial charge in [-0.3, -0.25) is 4.79 Å². The summed E-state index contributed by atoms with van der Waals surface area (Å²) < 4.78 is 1.53. The van der Waals surface area contributed by atoms with E-state index in [0.717, 1.165) is 24.2 Å². The molecule has 1 aliphatic rings. The minimum absolute atomic E-state index is 0.0166. The normalized spacial score (nSPS) is 15.3. The molecule has 3 rings (SSSR count). The molecule has 0 spiro atoms. The monoisotopic (exact) mass is 387 g/mol. The number of rotatable bonds is 8. The second kappa shape index (κ2) is 8.33. The number of nitrogen functional groups attached to an aromatic ring is 1. The molecular formula is C20H29N5OS. The minimum atomic E-state index is -0.0254. The molecule has 0 saturated heterocycles. The molecule has 1 saturated carbocycles. The van der Waals surface area contributed by atoms with Crippen molar-refractivity contribution < 1.29 is 4.79 Å². The summed E-state index contributed by atoms with van der Waals surface area (Å²) in [5.74, 6) is 8.34. The minimum Gasteiger partial charge on any atom is -0.348 e. The molecule has 0 unspecified atom stereocenters. The molecular weight excluding hydrogens is 358 g/mol. The molecule has 146 valence electrons. The molecule has 0 aliphatic heterocycles. The highest BCUT2D eigenvalue weighted by Crippen LogP contribution is 2.39. The Labute approximate surface area is 165 Å². The quantitative estimate of drug-likeness (QED) is 0.534. The van der Waals surface area contributed by atoms with Crippen molar-refractivity contribution in [2.45, 2.75) is 63.6 Å². The Balaban J connectivity index is 1.60. The molecule has 0 radical (unpaired) electrons. The fourth-order valence-electron chi connectivity index (χ4n) is 3.07. The Morgan fingerprint density at radius 1 is 1.19 bits per heavy atom. The van der Waals surface area contributed by atoms with Gasteiger partial charge in [0, 0.05) is 5.92 Å². The van der Waals surface area contributed by atoms with Gasteiger partial charge in [-0.2, -0.15) is 0 Å². The highest BCUT2D eigenvalue weighted by Gasteiger charge is 2.30. The molecule has 1 aromatic heterocycles. The van der Waals surface area contributed by atoms with Gasteiger partial charge in [-0.25, -0.2) is 4.68 Å². The zero-order valence-electron chi connectivity index (χ0n) is 16.5. The van der Waals surface area contributed by atoms with Crippen LogP contribution < -0.4 is 11.2 Å². The Hall–Kier alpha value is -2.02. The van der Waals surface area contributed by atoms with Gasteiger partial charge >= 0.3 is 0 Å². The average molecular weight is 388 g/mol. The summed E-state index contributed by atoms with van der Waals surface area (Å²) in [5, 5.41) is 12.0. The van der Waals surface area contributed by atoms with Crippen LogP contribution >= 0.6 is 11.8 Å². The Morgan fingerprint density at radius 2 is 1.81 bits per heavy atom. The van der Waals surface area contributed by atoms with Crippen molar-refractivity contribution in [2.24, 2.45) is 5.92 Å². The fraction of sp³-hybridized carbons (Fsp3) is 0.550. The smallest absolute Gasteiger partial charge is 0.230 e. The van der Waals surface area contributed by atoms with E-state index in [2.05, 4.69) is 67.5 Å². The summed E-state index contributed by atoms with van der Waals surface area (Å²) in [6.07, 6.45) is 2.23. The van der Waals surface area contributed by atoms with Crippen molar-refractivity contribution >= 4 is 17.7 Å². The van der Waals surface area contributed by atoms with Gasteiger partial charge in [0.25, 0.3) is 0 Å². The number of thioether (sulfide) groups is 1. The third-order valence-corrected chi connectivity index (χ3v) is 5.85. The van der Waals surface area contributed by atoms with Crippen LogP contribution in [0.4, 0.5) is 0 Å². The van der Waals surface area contributed by atoms with Crippen LogP contribution in [0.3, 0.4) is 0 Å². The molecule has 2 aromatic rings. The van der Waals surface area contributed by atoms with E-state index in [1.165, 1.54) is 22.0 Å². The number of nitrogens with one attached hydrogen (secondary N) is 1. The van der Waals surface area contributed by atoms with E-state index < -0.39 is 0 Å². The van der Waals surface area contributed by atoms with Gasteiger partial charge in [-0.1, -0.05) is 63.7 Å². The van der Waals surface area contributed by atoms with E-state index in [1.54, 1.807) is 0 Å². The van der Waals surface area contributed by atoms with E-state index in [-0.39, 0.29) is 17.7 Å². The highest BCUT2D eigenvalue weighted by molar-refractivity contribution is 7.99. The first-order valence-electron chi connectivity index (χ1n) is 9.59. The maximum absolute atomic E-state index is 12.5. The zero-order chi connectivity index (χ0) is 19.6. The van der Waals surface area contributed by atoms with E-state index in [4.69, 9.17) is 5.84 Å². The Bertz CT molecular complexity index is 780.